The minimum Gasteiger partial charge on any atom is -0.344 e. The Morgan fingerprint density at radius 1 is 1.17 bits per heavy atom. The Balaban J connectivity index is 1.31. The standard InChI is InChI=1S/C22H20FN3OS2/c23-17-8-6-16(7-9-17)22(19-4-3-12-29-19)25-21(27)10-13-28-15-18-14-26-11-2-1-5-20(26)24-18/h1-9,11-12,14,22H,10,13,15H2,(H,25,27)/t22-/m0/s1. The normalized spacial score (nSPS) is 12.2. The molecular formula is C22H20FN3OS2. The predicted molar refractivity (Wildman–Crippen MR) is 117 cm³/mol. The number of thiophene rings is 1. The monoisotopic (exact) mass is 425 g/mol. The van der Waals surface area contributed by atoms with Gasteiger partial charge in [-0.05, 0) is 41.3 Å². The summed E-state index contributed by atoms with van der Waals surface area (Å²) in [5.74, 6) is 1.17. The number of hydrogen-bond donors (Lipinski definition) is 1. The molecule has 1 amide bonds. The van der Waals surface area contributed by atoms with Crippen LogP contribution in [0.25, 0.3) is 5.65 Å². The topological polar surface area (TPSA) is 46.4 Å². The van der Waals surface area contributed by atoms with Crippen molar-refractivity contribution in [3.63, 3.8) is 0 Å². The summed E-state index contributed by atoms with van der Waals surface area (Å²) in [4.78, 5) is 18.1. The van der Waals surface area contributed by atoms with Gasteiger partial charge in [-0.3, -0.25) is 4.79 Å². The Hall–Kier alpha value is -2.64. The fourth-order valence-corrected chi connectivity index (χ4v) is 4.69. The van der Waals surface area contributed by atoms with Crippen molar-refractivity contribution in [2.75, 3.05) is 5.75 Å². The van der Waals surface area contributed by atoms with Crippen LogP contribution in [-0.2, 0) is 10.5 Å². The summed E-state index contributed by atoms with van der Waals surface area (Å²) < 4.78 is 15.3. The lowest BCUT2D eigenvalue weighted by Crippen LogP contribution is -2.29. The van der Waals surface area contributed by atoms with Crippen LogP contribution in [0.15, 0.2) is 72.4 Å². The number of amides is 1. The minimum absolute atomic E-state index is 0.0183. The molecule has 0 fully saturated rings. The van der Waals surface area contributed by atoms with Gasteiger partial charge in [0.2, 0.25) is 5.91 Å². The van der Waals surface area contributed by atoms with Crippen molar-refractivity contribution in [1.29, 1.82) is 0 Å². The molecule has 1 aromatic carbocycles. The summed E-state index contributed by atoms with van der Waals surface area (Å²) in [6.45, 7) is 0. The number of carbonyl (C=O) groups excluding carboxylic acids is 1. The quantitative estimate of drug-likeness (QED) is 0.401. The van der Waals surface area contributed by atoms with E-state index in [1.807, 2.05) is 52.5 Å². The van der Waals surface area contributed by atoms with Gasteiger partial charge in [0.25, 0.3) is 0 Å². The number of rotatable bonds is 8. The Morgan fingerprint density at radius 3 is 2.79 bits per heavy atom. The van der Waals surface area contributed by atoms with Gasteiger partial charge in [0.1, 0.15) is 11.5 Å². The van der Waals surface area contributed by atoms with Crippen LogP contribution >= 0.6 is 23.1 Å². The van der Waals surface area contributed by atoms with Gasteiger partial charge >= 0.3 is 0 Å². The van der Waals surface area contributed by atoms with Crippen molar-refractivity contribution in [3.8, 4) is 0 Å². The molecule has 4 aromatic rings. The molecule has 0 bridgehead atoms. The Bertz CT molecular complexity index is 1040. The highest BCUT2D eigenvalue weighted by molar-refractivity contribution is 7.98. The molecule has 0 radical (unpaired) electrons. The molecule has 0 aliphatic heterocycles. The molecular weight excluding hydrogens is 405 g/mol. The zero-order valence-electron chi connectivity index (χ0n) is 15.6. The average Bonchev–Trinajstić information content (AvgIpc) is 3.40. The molecule has 29 heavy (non-hydrogen) atoms. The zero-order chi connectivity index (χ0) is 20.1. The van der Waals surface area contributed by atoms with Gasteiger partial charge in [-0.2, -0.15) is 11.8 Å². The Kier molecular flexibility index (Phi) is 6.27. The number of thioether (sulfide) groups is 1. The molecule has 0 aliphatic rings. The predicted octanol–water partition coefficient (Wildman–Crippen LogP) is 5.06. The van der Waals surface area contributed by atoms with Crippen LogP contribution in [0.4, 0.5) is 4.39 Å². The number of imidazole rings is 1. The molecule has 148 valence electrons. The number of hydrogen-bond acceptors (Lipinski definition) is 4. The van der Waals surface area contributed by atoms with E-state index in [2.05, 4.69) is 10.3 Å². The number of fused-ring (bicyclic) bond motifs is 1. The number of nitrogens with zero attached hydrogens (tertiary/aromatic N) is 2. The lowest BCUT2D eigenvalue weighted by atomic mass is 10.1. The fraction of sp³-hybridized carbons (Fsp3) is 0.182. The smallest absolute Gasteiger partial charge is 0.221 e. The first-order chi connectivity index (χ1) is 14.2. The van der Waals surface area contributed by atoms with E-state index in [-0.39, 0.29) is 17.8 Å². The highest BCUT2D eigenvalue weighted by atomic mass is 32.2. The third kappa shape index (κ3) is 5.05. The van der Waals surface area contributed by atoms with Crippen molar-refractivity contribution in [2.24, 2.45) is 0 Å². The van der Waals surface area contributed by atoms with Gasteiger partial charge in [-0.15, -0.1) is 11.3 Å². The Morgan fingerprint density at radius 2 is 2.03 bits per heavy atom. The number of aromatic nitrogens is 2. The first kappa shape index (κ1) is 19.7. The Labute approximate surface area is 176 Å². The van der Waals surface area contributed by atoms with E-state index in [9.17, 15) is 9.18 Å². The molecule has 4 rings (SSSR count). The second-order valence-corrected chi connectivity index (χ2v) is 8.65. The van der Waals surface area contributed by atoms with Gasteiger partial charge in [0.05, 0.1) is 11.7 Å². The van der Waals surface area contributed by atoms with E-state index < -0.39 is 0 Å². The maximum Gasteiger partial charge on any atom is 0.221 e. The van der Waals surface area contributed by atoms with E-state index in [0.29, 0.717) is 12.2 Å². The van der Waals surface area contributed by atoms with Gasteiger partial charge in [-0.25, -0.2) is 9.37 Å². The van der Waals surface area contributed by atoms with Crippen molar-refractivity contribution in [1.82, 2.24) is 14.7 Å². The highest BCUT2D eigenvalue weighted by Crippen LogP contribution is 2.26. The molecule has 0 saturated carbocycles. The lowest BCUT2D eigenvalue weighted by molar-refractivity contribution is -0.121. The van der Waals surface area contributed by atoms with Gasteiger partial charge < -0.3 is 9.72 Å². The third-order valence-electron chi connectivity index (χ3n) is 4.47. The van der Waals surface area contributed by atoms with E-state index in [1.165, 1.54) is 12.1 Å². The molecule has 3 aromatic heterocycles. The molecule has 0 aliphatic carbocycles. The third-order valence-corrected chi connectivity index (χ3v) is 6.40. The van der Waals surface area contributed by atoms with Crippen molar-refractivity contribution in [2.45, 2.75) is 18.2 Å². The maximum atomic E-state index is 13.3. The first-order valence-corrected chi connectivity index (χ1v) is 11.3. The van der Waals surface area contributed by atoms with Crippen LogP contribution in [-0.4, -0.2) is 21.0 Å². The van der Waals surface area contributed by atoms with Crippen molar-refractivity contribution >= 4 is 34.7 Å². The molecule has 1 atom stereocenters. The van der Waals surface area contributed by atoms with E-state index in [0.717, 1.165) is 27.5 Å². The van der Waals surface area contributed by atoms with Gasteiger partial charge in [-0.1, -0.05) is 24.3 Å². The molecule has 4 nitrogen and oxygen atoms in total. The number of carbonyl (C=O) groups is 1. The van der Waals surface area contributed by atoms with Crippen LogP contribution in [0, 0.1) is 5.82 Å². The van der Waals surface area contributed by atoms with E-state index in [1.54, 1.807) is 35.2 Å². The summed E-state index contributed by atoms with van der Waals surface area (Å²) in [6, 6.07) is 15.9. The molecule has 1 N–H and O–H groups in total. The number of halogens is 1. The molecule has 3 heterocycles. The summed E-state index contributed by atoms with van der Waals surface area (Å²) >= 11 is 3.26. The van der Waals surface area contributed by atoms with Gasteiger partial charge in [0, 0.05) is 35.2 Å². The van der Waals surface area contributed by atoms with E-state index in [4.69, 9.17) is 0 Å². The fourth-order valence-electron chi connectivity index (χ4n) is 3.06. The molecule has 0 unspecified atom stereocenters. The average molecular weight is 426 g/mol. The molecule has 7 heteroatoms. The summed E-state index contributed by atoms with van der Waals surface area (Å²) in [7, 11) is 0. The lowest BCUT2D eigenvalue weighted by Gasteiger charge is -2.18. The van der Waals surface area contributed by atoms with Crippen molar-refractivity contribution in [3.05, 3.63) is 94.3 Å². The number of nitrogens with one attached hydrogen (secondary N) is 1. The molecule has 0 saturated heterocycles. The summed E-state index contributed by atoms with van der Waals surface area (Å²) in [5.41, 5.74) is 2.81. The highest BCUT2D eigenvalue weighted by Gasteiger charge is 2.18. The minimum atomic E-state index is -0.284. The second-order valence-electron chi connectivity index (χ2n) is 6.57. The number of benzene rings is 1. The van der Waals surface area contributed by atoms with Crippen LogP contribution in [0.2, 0.25) is 0 Å². The van der Waals surface area contributed by atoms with Crippen LogP contribution in [0.5, 0.6) is 0 Å². The SMILES string of the molecule is O=C(CCSCc1cn2ccccc2n1)N[C@@H](c1ccc(F)cc1)c1cccs1. The van der Waals surface area contributed by atoms with Crippen LogP contribution in [0.1, 0.15) is 28.6 Å². The van der Waals surface area contributed by atoms with E-state index >= 15 is 0 Å². The van der Waals surface area contributed by atoms with Gasteiger partial charge in [0.15, 0.2) is 0 Å². The van der Waals surface area contributed by atoms with Crippen LogP contribution in [0.3, 0.4) is 0 Å². The zero-order valence-corrected chi connectivity index (χ0v) is 17.3. The molecule has 0 spiro atoms. The van der Waals surface area contributed by atoms with Crippen molar-refractivity contribution < 1.29 is 9.18 Å². The maximum absolute atomic E-state index is 13.3. The summed E-state index contributed by atoms with van der Waals surface area (Å²) in [6.07, 6.45) is 4.41. The largest absolute Gasteiger partial charge is 0.344 e. The number of pyridine rings is 1. The second kappa shape index (κ2) is 9.24. The van der Waals surface area contributed by atoms with Crippen LogP contribution < -0.4 is 5.32 Å². The first-order valence-electron chi connectivity index (χ1n) is 9.27. The summed E-state index contributed by atoms with van der Waals surface area (Å²) in [5, 5.41) is 5.07.